The van der Waals surface area contributed by atoms with Gasteiger partial charge in [0.25, 0.3) is 0 Å². The topological polar surface area (TPSA) is 82.1 Å². The van der Waals surface area contributed by atoms with E-state index in [2.05, 4.69) is 4.98 Å². The Bertz CT molecular complexity index is 613. The van der Waals surface area contributed by atoms with Crippen molar-refractivity contribution >= 4 is 48.6 Å². The molecule has 9 heteroatoms. The number of benzene rings is 1. The first-order valence-electron chi connectivity index (χ1n) is 3.74. The summed E-state index contributed by atoms with van der Waals surface area (Å²) < 4.78 is 33.7. The van der Waals surface area contributed by atoms with E-state index in [0.29, 0.717) is 15.2 Å². The summed E-state index contributed by atoms with van der Waals surface area (Å²) in [5.74, 6) is 0. The summed E-state index contributed by atoms with van der Waals surface area (Å²) in [6.07, 6.45) is 0. The van der Waals surface area contributed by atoms with Crippen molar-refractivity contribution in [1.29, 1.82) is 0 Å². The molecule has 0 saturated carbocycles. The molecule has 2 rings (SSSR count). The number of thiazole rings is 1. The minimum atomic E-state index is -4.52. The van der Waals surface area contributed by atoms with Crippen molar-refractivity contribution in [2.45, 2.75) is 0 Å². The number of nitrogens with one attached hydrogen (secondary N) is 1. The SMILES string of the molecule is O=S(=O)([O-])Nc1nc2ccc(Cl)cc2s1.[Na+]. The van der Waals surface area contributed by atoms with E-state index in [0.717, 1.165) is 11.3 Å². The van der Waals surface area contributed by atoms with Crippen LogP contribution in [0.15, 0.2) is 18.2 Å². The first-order chi connectivity index (χ1) is 6.94. The summed E-state index contributed by atoms with van der Waals surface area (Å²) >= 11 is 6.79. The molecular weight excluding hydrogens is 283 g/mol. The van der Waals surface area contributed by atoms with Gasteiger partial charge in [0.2, 0.25) is 0 Å². The molecular formula is C7H4ClN2NaO3S2. The largest absolute Gasteiger partial charge is 1.00 e. The molecule has 0 bridgehead atoms. The van der Waals surface area contributed by atoms with Crippen LogP contribution in [0.3, 0.4) is 0 Å². The summed E-state index contributed by atoms with van der Waals surface area (Å²) in [4.78, 5) is 3.91. The minimum Gasteiger partial charge on any atom is -0.731 e. The van der Waals surface area contributed by atoms with Gasteiger partial charge in [-0.3, -0.25) is 4.72 Å². The van der Waals surface area contributed by atoms with Gasteiger partial charge in [-0.25, -0.2) is 13.4 Å². The van der Waals surface area contributed by atoms with Crippen LogP contribution < -0.4 is 34.3 Å². The van der Waals surface area contributed by atoms with Crippen LogP contribution in [-0.2, 0) is 10.3 Å². The number of anilines is 1. The van der Waals surface area contributed by atoms with Crippen molar-refractivity contribution < 1.29 is 42.5 Å². The van der Waals surface area contributed by atoms with E-state index in [9.17, 15) is 13.0 Å². The van der Waals surface area contributed by atoms with Gasteiger partial charge >= 0.3 is 29.6 Å². The van der Waals surface area contributed by atoms with Crippen LogP contribution in [0, 0.1) is 0 Å². The number of fused-ring (bicyclic) bond motifs is 1. The van der Waals surface area contributed by atoms with E-state index in [1.54, 1.807) is 22.9 Å². The monoisotopic (exact) mass is 286 g/mol. The normalized spacial score (nSPS) is 11.1. The maximum Gasteiger partial charge on any atom is 1.00 e. The second-order valence-corrected chi connectivity index (χ2v) is 5.27. The number of hydrogen-bond donors (Lipinski definition) is 1. The Kier molecular flexibility index (Phi) is 4.58. The molecule has 0 aliphatic rings. The molecule has 1 heterocycles. The molecule has 0 aliphatic heterocycles. The van der Waals surface area contributed by atoms with Crippen molar-refractivity contribution in [3.8, 4) is 0 Å². The molecule has 0 aliphatic carbocycles. The molecule has 0 atom stereocenters. The molecule has 0 unspecified atom stereocenters. The van der Waals surface area contributed by atoms with Gasteiger partial charge in [0.05, 0.1) is 10.2 Å². The zero-order valence-corrected chi connectivity index (χ0v) is 12.5. The quantitative estimate of drug-likeness (QED) is 0.557. The Morgan fingerprint density at radius 1 is 1.44 bits per heavy atom. The molecule has 1 N–H and O–H groups in total. The standard InChI is InChI=1S/C7H5ClN2O3S2.Na/c8-4-1-2-5-6(3-4)14-7(9-5)10-15(11,12)13;/h1-3H,(H,9,10)(H,11,12,13);/q;+1/p-1. The van der Waals surface area contributed by atoms with Gasteiger partial charge < -0.3 is 4.55 Å². The van der Waals surface area contributed by atoms with Gasteiger partial charge in [0, 0.05) is 5.02 Å². The Labute approximate surface area is 123 Å². The van der Waals surface area contributed by atoms with Crippen LogP contribution in [-0.4, -0.2) is 18.0 Å². The van der Waals surface area contributed by atoms with Crippen molar-refractivity contribution in [2.75, 3.05) is 4.72 Å². The molecule has 0 radical (unpaired) electrons. The molecule has 1 aromatic carbocycles. The zero-order valence-electron chi connectivity index (χ0n) is 8.10. The van der Waals surface area contributed by atoms with Gasteiger partial charge in [-0.2, -0.15) is 0 Å². The summed E-state index contributed by atoms with van der Waals surface area (Å²) in [5, 5.41) is 0.574. The maximum absolute atomic E-state index is 10.4. The summed E-state index contributed by atoms with van der Waals surface area (Å²) in [6, 6.07) is 4.94. The molecule has 5 nitrogen and oxygen atoms in total. The average molecular weight is 287 g/mol. The van der Waals surface area contributed by atoms with Gasteiger partial charge in [0.1, 0.15) is 0 Å². The van der Waals surface area contributed by atoms with Crippen LogP contribution in [0.2, 0.25) is 5.02 Å². The second-order valence-electron chi connectivity index (χ2n) is 2.69. The van der Waals surface area contributed by atoms with Crippen molar-refractivity contribution in [1.82, 2.24) is 4.98 Å². The average Bonchev–Trinajstić information content (AvgIpc) is 2.42. The summed E-state index contributed by atoms with van der Waals surface area (Å²) in [5.41, 5.74) is 0.593. The number of hydrogen-bond acceptors (Lipinski definition) is 5. The summed E-state index contributed by atoms with van der Waals surface area (Å²) in [6.45, 7) is 0. The number of rotatable bonds is 2. The predicted octanol–water partition coefficient (Wildman–Crippen LogP) is -1.17. The number of aromatic nitrogens is 1. The molecule has 80 valence electrons. The van der Waals surface area contributed by atoms with E-state index < -0.39 is 10.3 Å². The first kappa shape index (κ1) is 14.2. The molecule has 16 heavy (non-hydrogen) atoms. The zero-order chi connectivity index (χ0) is 11.1. The van der Waals surface area contributed by atoms with E-state index >= 15 is 0 Å². The number of halogens is 1. The predicted molar refractivity (Wildman–Crippen MR) is 57.9 cm³/mol. The van der Waals surface area contributed by atoms with Crippen LogP contribution in [0.5, 0.6) is 0 Å². The molecule has 0 saturated heterocycles. The molecule has 1 aromatic heterocycles. The van der Waals surface area contributed by atoms with Gasteiger partial charge in [-0.15, -0.1) is 0 Å². The van der Waals surface area contributed by atoms with Gasteiger partial charge in [-0.05, 0) is 18.2 Å². The van der Waals surface area contributed by atoms with Gasteiger partial charge in [0.15, 0.2) is 15.4 Å². The van der Waals surface area contributed by atoms with Crippen molar-refractivity contribution in [3.63, 3.8) is 0 Å². The molecule has 0 amide bonds. The van der Waals surface area contributed by atoms with Crippen LogP contribution >= 0.6 is 22.9 Å². The fourth-order valence-electron chi connectivity index (χ4n) is 1.05. The third-order valence-corrected chi connectivity index (χ3v) is 3.30. The molecule has 2 aromatic rings. The molecule has 0 spiro atoms. The van der Waals surface area contributed by atoms with E-state index in [1.165, 1.54) is 0 Å². The van der Waals surface area contributed by atoms with E-state index in [4.69, 9.17) is 11.6 Å². The Balaban J connectivity index is 0.00000128. The van der Waals surface area contributed by atoms with Crippen LogP contribution in [0.25, 0.3) is 10.2 Å². The van der Waals surface area contributed by atoms with Crippen LogP contribution in [0.4, 0.5) is 5.13 Å². The van der Waals surface area contributed by atoms with Crippen LogP contribution in [0.1, 0.15) is 0 Å². The fourth-order valence-corrected chi connectivity index (χ4v) is 2.77. The Hall–Kier alpha value is 0.110. The first-order valence-corrected chi connectivity index (χ1v) is 6.34. The van der Waals surface area contributed by atoms with E-state index in [1.807, 2.05) is 0 Å². The summed E-state index contributed by atoms with van der Waals surface area (Å²) in [7, 11) is -4.52. The van der Waals surface area contributed by atoms with Gasteiger partial charge in [-0.1, -0.05) is 22.9 Å². The Morgan fingerprint density at radius 3 is 2.75 bits per heavy atom. The Morgan fingerprint density at radius 2 is 2.12 bits per heavy atom. The van der Waals surface area contributed by atoms with Crippen molar-refractivity contribution in [3.05, 3.63) is 23.2 Å². The maximum atomic E-state index is 10.4. The third-order valence-electron chi connectivity index (χ3n) is 1.56. The van der Waals surface area contributed by atoms with Crippen molar-refractivity contribution in [2.24, 2.45) is 0 Å². The number of nitrogens with zero attached hydrogens (tertiary/aromatic N) is 1. The molecule has 0 fully saturated rings. The fraction of sp³-hybridized carbons (Fsp3) is 0. The smallest absolute Gasteiger partial charge is 0.731 e. The second kappa shape index (κ2) is 5.18. The van der Waals surface area contributed by atoms with E-state index in [-0.39, 0.29) is 34.7 Å². The minimum absolute atomic E-state index is 0. The third kappa shape index (κ3) is 3.56.